The smallest absolute Gasteiger partial charge is 0.266 e. The number of carbonyl (C=O) groups excluding carboxylic acids is 2. The molecule has 0 radical (unpaired) electrons. The van der Waals surface area contributed by atoms with E-state index in [1.165, 1.54) is 11.3 Å². The molecule has 5 rings (SSSR count). The Kier molecular flexibility index (Phi) is 4.59. The highest BCUT2D eigenvalue weighted by atomic mass is 35.5. The summed E-state index contributed by atoms with van der Waals surface area (Å²) >= 11 is 14.1. The average molecular weight is 445 g/mol. The normalized spacial score (nSPS) is 23.7. The second-order valence-corrected chi connectivity index (χ2v) is 8.55. The topological polar surface area (TPSA) is 49.9 Å². The van der Waals surface area contributed by atoms with E-state index in [1.807, 2.05) is 47.8 Å². The summed E-state index contributed by atoms with van der Waals surface area (Å²) in [6, 6.07) is 17.8. The van der Waals surface area contributed by atoms with Gasteiger partial charge in [0, 0.05) is 4.88 Å². The first kappa shape index (κ1) is 18.6. The van der Waals surface area contributed by atoms with Crippen molar-refractivity contribution in [3.63, 3.8) is 0 Å². The van der Waals surface area contributed by atoms with Crippen LogP contribution in [-0.2, 0) is 14.4 Å². The number of anilines is 2. The van der Waals surface area contributed by atoms with Crippen LogP contribution in [0, 0.1) is 5.92 Å². The second kappa shape index (κ2) is 7.15. The lowest BCUT2D eigenvalue weighted by molar-refractivity contribution is -0.126. The van der Waals surface area contributed by atoms with Gasteiger partial charge in [0.2, 0.25) is 5.91 Å². The molecule has 0 saturated carbocycles. The first-order chi connectivity index (χ1) is 14.1. The van der Waals surface area contributed by atoms with Crippen LogP contribution in [0.4, 0.5) is 11.4 Å². The van der Waals surface area contributed by atoms with Crippen molar-refractivity contribution >= 4 is 57.7 Å². The summed E-state index contributed by atoms with van der Waals surface area (Å²) in [6.45, 7) is 0. The summed E-state index contributed by atoms with van der Waals surface area (Å²) in [4.78, 5) is 34.8. The van der Waals surface area contributed by atoms with E-state index in [2.05, 4.69) is 0 Å². The lowest BCUT2D eigenvalue weighted by Gasteiger charge is -2.28. The van der Waals surface area contributed by atoms with Gasteiger partial charge in [-0.1, -0.05) is 53.5 Å². The Hall–Kier alpha value is -2.38. The lowest BCUT2D eigenvalue weighted by Crippen LogP contribution is -2.37. The molecular formula is C21H14Cl2N2O3S. The zero-order chi connectivity index (χ0) is 20.1. The standard InChI is InChI=1S/C21H14Cl2N2O3S/c22-13-8-4-9-14(23)17(13)24-20(26)16-18(15-10-5-11-29-15)25(28-19(16)21(24)27)12-6-2-1-3-7-12/h1-11,16,18-19H. The first-order valence-electron chi connectivity index (χ1n) is 8.94. The molecule has 3 heterocycles. The third kappa shape index (κ3) is 2.87. The van der Waals surface area contributed by atoms with E-state index in [9.17, 15) is 9.59 Å². The molecule has 2 aliphatic rings. The van der Waals surface area contributed by atoms with Crippen molar-refractivity contribution in [2.24, 2.45) is 5.92 Å². The fraction of sp³-hybridized carbons (Fsp3) is 0.143. The van der Waals surface area contributed by atoms with Gasteiger partial charge < -0.3 is 0 Å². The molecule has 0 N–H and O–H groups in total. The Morgan fingerprint density at radius 1 is 0.862 bits per heavy atom. The zero-order valence-electron chi connectivity index (χ0n) is 14.9. The predicted molar refractivity (Wildman–Crippen MR) is 113 cm³/mol. The van der Waals surface area contributed by atoms with Crippen molar-refractivity contribution in [1.82, 2.24) is 0 Å². The summed E-state index contributed by atoms with van der Waals surface area (Å²) in [5, 5.41) is 4.09. The predicted octanol–water partition coefficient (Wildman–Crippen LogP) is 5.11. The first-order valence-corrected chi connectivity index (χ1v) is 10.6. The van der Waals surface area contributed by atoms with Crippen LogP contribution in [0.3, 0.4) is 0 Å². The number of amides is 2. The number of nitrogens with zero attached hydrogens (tertiary/aromatic N) is 2. The molecule has 3 aromatic rings. The van der Waals surface area contributed by atoms with Gasteiger partial charge in [0.05, 0.1) is 21.4 Å². The van der Waals surface area contributed by atoms with E-state index in [0.717, 1.165) is 15.5 Å². The van der Waals surface area contributed by atoms with Crippen LogP contribution in [0.1, 0.15) is 10.9 Å². The van der Waals surface area contributed by atoms with Crippen LogP contribution in [0.5, 0.6) is 0 Å². The molecule has 3 unspecified atom stereocenters. The Morgan fingerprint density at radius 3 is 2.24 bits per heavy atom. The molecule has 3 atom stereocenters. The van der Waals surface area contributed by atoms with Crippen LogP contribution >= 0.6 is 34.5 Å². The minimum atomic E-state index is -0.942. The van der Waals surface area contributed by atoms with Crippen molar-refractivity contribution in [1.29, 1.82) is 0 Å². The van der Waals surface area contributed by atoms with Crippen molar-refractivity contribution in [2.75, 3.05) is 9.96 Å². The number of hydroxylamine groups is 1. The minimum absolute atomic E-state index is 0.208. The Labute approximate surface area is 181 Å². The van der Waals surface area contributed by atoms with Gasteiger partial charge in [-0.3, -0.25) is 14.4 Å². The molecule has 8 heteroatoms. The van der Waals surface area contributed by atoms with Gasteiger partial charge in [-0.2, -0.15) is 0 Å². The van der Waals surface area contributed by atoms with Gasteiger partial charge in [0.25, 0.3) is 5.91 Å². The van der Waals surface area contributed by atoms with Crippen molar-refractivity contribution < 1.29 is 14.4 Å². The molecule has 0 spiro atoms. The number of fused-ring (bicyclic) bond motifs is 1. The van der Waals surface area contributed by atoms with Gasteiger partial charge in [0.15, 0.2) is 6.10 Å². The van der Waals surface area contributed by atoms with Crippen molar-refractivity contribution in [3.05, 3.63) is 81.0 Å². The van der Waals surface area contributed by atoms with Crippen LogP contribution in [0.2, 0.25) is 10.0 Å². The number of halogens is 2. The van der Waals surface area contributed by atoms with E-state index in [-0.39, 0.29) is 21.6 Å². The molecule has 1 aromatic heterocycles. The van der Waals surface area contributed by atoms with Crippen LogP contribution < -0.4 is 9.96 Å². The molecule has 2 amide bonds. The molecule has 2 fully saturated rings. The maximum atomic E-state index is 13.5. The second-order valence-electron chi connectivity index (χ2n) is 6.76. The number of hydrogen-bond acceptors (Lipinski definition) is 5. The number of carbonyl (C=O) groups is 2. The Morgan fingerprint density at radius 2 is 1.59 bits per heavy atom. The van der Waals surface area contributed by atoms with Gasteiger partial charge >= 0.3 is 0 Å². The number of rotatable bonds is 3. The van der Waals surface area contributed by atoms with Gasteiger partial charge in [-0.05, 0) is 35.7 Å². The number of para-hydroxylation sites is 2. The monoisotopic (exact) mass is 444 g/mol. The maximum absolute atomic E-state index is 13.5. The maximum Gasteiger partial charge on any atom is 0.266 e. The van der Waals surface area contributed by atoms with Crippen molar-refractivity contribution in [2.45, 2.75) is 12.1 Å². The highest BCUT2D eigenvalue weighted by Crippen LogP contribution is 2.50. The fourth-order valence-corrected chi connectivity index (χ4v) is 5.30. The Bertz CT molecular complexity index is 1070. The molecular weight excluding hydrogens is 431 g/mol. The lowest BCUT2D eigenvalue weighted by atomic mass is 9.95. The van der Waals surface area contributed by atoms with E-state index in [0.29, 0.717) is 0 Å². The summed E-state index contributed by atoms with van der Waals surface area (Å²) in [7, 11) is 0. The molecule has 5 nitrogen and oxygen atoms in total. The fourth-order valence-electron chi connectivity index (χ4n) is 3.88. The van der Waals surface area contributed by atoms with E-state index in [4.69, 9.17) is 28.0 Å². The van der Waals surface area contributed by atoms with Gasteiger partial charge in [-0.15, -0.1) is 11.3 Å². The quantitative estimate of drug-likeness (QED) is 0.526. The largest absolute Gasteiger partial charge is 0.273 e. The average Bonchev–Trinajstić information content (AvgIpc) is 3.42. The molecule has 146 valence electrons. The summed E-state index contributed by atoms with van der Waals surface area (Å²) in [5.74, 6) is -1.53. The van der Waals surface area contributed by atoms with E-state index in [1.54, 1.807) is 23.3 Å². The molecule has 29 heavy (non-hydrogen) atoms. The molecule has 2 aliphatic heterocycles. The highest BCUT2D eigenvalue weighted by molar-refractivity contribution is 7.10. The summed E-state index contributed by atoms with van der Waals surface area (Å²) in [5.41, 5.74) is 0.989. The number of benzene rings is 2. The van der Waals surface area contributed by atoms with E-state index < -0.39 is 24.0 Å². The molecule has 0 aliphatic carbocycles. The highest BCUT2D eigenvalue weighted by Gasteiger charge is 2.61. The Balaban J connectivity index is 1.60. The third-order valence-corrected chi connectivity index (χ3v) is 6.67. The summed E-state index contributed by atoms with van der Waals surface area (Å²) < 4.78 is 0. The van der Waals surface area contributed by atoms with Crippen molar-refractivity contribution in [3.8, 4) is 0 Å². The van der Waals surface area contributed by atoms with Crippen LogP contribution in [0.25, 0.3) is 0 Å². The minimum Gasteiger partial charge on any atom is -0.273 e. The number of thiophene rings is 1. The van der Waals surface area contributed by atoms with Gasteiger partial charge in [0.1, 0.15) is 12.0 Å². The molecule has 2 aromatic carbocycles. The zero-order valence-corrected chi connectivity index (χ0v) is 17.2. The van der Waals surface area contributed by atoms with E-state index >= 15 is 0 Å². The third-order valence-electron chi connectivity index (χ3n) is 5.12. The SMILES string of the molecule is O=C1C2ON(c3ccccc3)C(c3cccs3)C2C(=O)N1c1c(Cl)cccc1Cl. The summed E-state index contributed by atoms with van der Waals surface area (Å²) in [6.07, 6.45) is -0.942. The molecule has 2 saturated heterocycles. The van der Waals surface area contributed by atoms with Gasteiger partial charge in [-0.25, -0.2) is 9.96 Å². The number of imide groups is 1. The molecule has 0 bridgehead atoms. The van der Waals surface area contributed by atoms with Crippen LogP contribution in [0.15, 0.2) is 66.0 Å². The number of hydrogen-bond donors (Lipinski definition) is 0. The van der Waals surface area contributed by atoms with Crippen LogP contribution in [-0.4, -0.2) is 17.9 Å².